The third-order valence-electron chi connectivity index (χ3n) is 3.55. The summed E-state index contributed by atoms with van der Waals surface area (Å²) < 4.78 is 0. The Kier molecular flexibility index (Phi) is 4.92. The third kappa shape index (κ3) is 3.22. The van der Waals surface area contributed by atoms with E-state index in [1.807, 2.05) is 18.2 Å². The van der Waals surface area contributed by atoms with Crippen molar-refractivity contribution in [2.24, 2.45) is 0 Å². The van der Waals surface area contributed by atoms with Crippen LogP contribution >= 0.6 is 23.2 Å². The first-order valence-electron chi connectivity index (χ1n) is 6.88. The summed E-state index contributed by atoms with van der Waals surface area (Å²) in [5, 5.41) is 0.574. The van der Waals surface area contributed by atoms with Gasteiger partial charge in [0.05, 0.1) is 15.7 Å². The number of benzene rings is 2. The van der Waals surface area contributed by atoms with Crippen molar-refractivity contribution in [2.45, 2.75) is 26.7 Å². The van der Waals surface area contributed by atoms with Crippen molar-refractivity contribution in [2.75, 3.05) is 5.73 Å². The smallest absolute Gasteiger partial charge is 0.193 e. The van der Waals surface area contributed by atoms with Crippen molar-refractivity contribution in [3.63, 3.8) is 0 Å². The predicted octanol–water partition coefficient (Wildman–Crippen LogP) is 4.93. The van der Waals surface area contributed by atoms with Crippen LogP contribution < -0.4 is 5.73 Å². The molecule has 0 bridgehead atoms. The molecule has 21 heavy (non-hydrogen) atoms. The molecule has 4 heteroatoms. The Labute approximate surface area is 134 Å². The first-order valence-corrected chi connectivity index (χ1v) is 7.64. The molecule has 0 atom stereocenters. The fraction of sp³-hybridized carbons (Fsp3) is 0.235. The van der Waals surface area contributed by atoms with E-state index in [0.717, 1.165) is 12.8 Å². The van der Waals surface area contributed by atoms with E-state index in [4.69, 9.17) is 28.9 Å². The first-order chi connectivity index (χ1) is 9.97. The zero-order valence-electron chi connectivity index (χ0n) is 12.0. The molecule has 0 spiro atoms. The van der Waals surface area contributed by atoms with E-state index in [0.29, 0.717) is 21.8 Å². The molecule has 0 heterocycles. The van der Waals surface area contributed by atoms with Gasteiger partial charge in [0.15, 0.2) is 5.78 Å². The number of nitrogen functional groups attached to an aromatic ring is 1. The summed E-state index contributed by atoms with van der Waals surface area (Å²) in [5.74, 6) is -0.0994. The van der Waals surface area contributed by atoms with E-state index in [1.54, 1.807) is 12.1 Å². The van der Waals surface area contributed by atoms with Gasteiger partial charge in [0.1, 0.15) is 0 Å². The van der Waals surface area contributed by atoms with Crippen LogP contribution in [0.25, 0.3) is 0 Å². The maximum Gasteiger partial charge on any atom is 0.193 e. The van der Waals surface area contributed by atoms with E-state index in [2.05, 4.69) is 13.8 Å². The van der Waals surface area contributed by atoms with Gasteiger partial charge in [-0.2, -0.15) is 0 Å². The number of hydrogen-bond donors (Lipinski definition) is 1. The number of ketones is 1. The highest BCUT2D eigenvalue weighted by Crippen LogP contribution is 2.30. The first kappa shape index (κ1) is 15.9. The second-order valence-electron chi connectivity index (χ2n) is 4.88. The molecule has 0 fully saturated rings. The van der Waals surface area contributed by atoms with Crippen molar-refractivity contribution in [1.82, 2.24) is 0 Å². The van der Waals surface area contributed by atoms with Gasteiger partial charge < -0.3 is 5.73 Å². The fourth-order valence-electron chi connectivity index (χ4n) is 2.35. The number of carbonyl (C=O) groups excluding carboxylic acids is 1. The minimum atomic E-state index is -0.0994. The van der Waals surface area contributed by atoms with Gasteiger partial charge in [0.25, 0.3) is 0 Å². The van der Waals surface area contributed by atoms with E-state index in [1.165, 1.54) is 11.1 Å². The van der Waals surface area contributed by atoms with Crippen molar-refractivity contribution in [1.29, 1.82) is 0 Å². The lowest BCUT2D eigenvalue weighted by atomic mass is 9.96. The minimum absolute atomic E-state index is 0.0994. The van der Waals surface area contributed by atoms with Gasteiger partial charge in [-0.1, -0.05) is 49.2 Å². The zero-order chi connectivity index (χ0) is 15.6. The van der Waals surface area contributed by atoms with Crippen LogP contribution in [0.2, 0.25) is 10.0 Å². The number of rotatable bonds is 4. The number of carbonyl (C=O) groups is 1. The summed E-state index contributed by atoms with van der Waals surface area (Å²) >= 11 is 11.9. The number of anilines is 1. The predicted molar refractivity (Wildman–Crippen MR) is 89.5 cm³/mol. The Hall–Kier alpha value is -1.51. The van der Waals surface area contributed by atoms with Crippen LogP contribution in [0.15, 0.2) is 30.3 Å². The van der Waals surface area contributed by atoms with E-state index in [9.17, 15) is 4.79 Å². The molecule has 0 saturated carbocycles. The van der Waals surface area contributed by atoms with Crippen LogP contribution in [0, 0.1) is 0 Å². The minimum Gasteiger partial charge on any atom is -0.397 e. The number of halogens is 2. The van der Waals surface area contributed by atoms with Crippen LogP contribution in [-0.4, -0.2) is 5.78 Å². The molecule has 0 radical (unpaired) electrons. The molecule has 0 aliphatic carbocycles. The highest BCUT2D eigenvalue weighted by atomic mass is 35.5. The van der Waals surface area contributed by atoms with E-state index < -0.39 is 0 Å². The normalized spacial score (nSPS) is 10.7. The average molecular weight is 322 g/mol. The third-order valence-corrected chi connectivity index (χ3v) is 4.37. The zero-order valence-corrected chi connectivity index (χ0v) is 13.6. The van der Waals surface area contributed by atoms with E-state index in [-0.39, 0.29) is 10.8 Å². The van der Waals surface area contributed by atoms with Gasteiger partial charge in [-0.25, -0.2) is 0 Å². The van der Waals surface area contributed by atoms with Gasteiger partial charge in [-0.05, 0) is 42.2 Å². The second-order valence-corrected chi connectivity index (χ2v) is 5.67. The van der Waals surface area contributed by atoms with E-state index >= 15 is 0 Å². The molecule has 0 aliphatic rings. The van der Waals surface area contributed by atoms with Gasteiger partial charge >= 0.3 is 0 Å². The van der Waals surface area contributed by atoms with Gasteiger partial charge in [-0.15, -0.1) is 0 Å². The van der Waals surface area contributed by atoms with Gasteiger partial charge in [-0.3, -0.25) is 4.79 Å². The van der Waals surface area contributed by atoms with Gasteiger partial charge in [0, 0.05) is 11.1 Å². The summed E-state index contributed by atoms with van der Waals surface area (Å²) in [6, 6.07) is 8.92. The Morgan fingerprint density at radius 3 is 2.24 bits per heavy atom. The molecule has 2 aromatic rings. The molecule has 0 amide bonds. The monoisotopic (exact) mass is 321 g/mol. The standard InChI is InChI=1S/C17H17Cl2NO/c1-3-10-5-6-12(7-11(10)4-2)17(21)13-8-14(18)16(19)15(20)9-13/h5-9H,3-4,20H2,1-2H3. The summed E-state index contributed by atoms with van der Waals surface area (Å²) in [6.45, 7) is 4.19. The lowest BCUT2D eigenvalue weighted by Crippen LogP contribution is -2.05. The SMILES string of the molecule is CCc1ccc(C(=O)c2cc(N)c(Cl)c(Cl)c2)cc1CC. The summed E-state index contributed by atoms with van der Waals surface area (Å²) in [6.07, 6.45) is 1.85. The summed E-state index contributed by atoms with van der Waals surface area (Å²) in [4.78, 5) is 12.6. The number of aryl methyl sites for hydroxylation is 2. The lowest BCUT2D eigenvalue weighted by molar-refractivity contribution is 0.103. The maximum absolute atomic E-state index is 12.6. The molecule has 2 aromatic carbocycles. The molecule has 0 saturated heterocycles. The Morgan fingerprint density at radius 2 is 1.67 bits per heavy atom. The van der Waals surface area contributed by atoms with Crippen LogP contribution in [0.3, 0.4) is 0 Å². The Bertz CT molecular complexity index is 672. The molecule has 2 nitrogen and oxygen atoms in total. The van der Waals surface area contributed by atoms with Crippen molar-refractivity contribution < 1.29 is 4.79 Å². The van der Waals surface area contributed by atoms with Crippen molar-refractivity contribution >= 4 is 34.7 Å². The molecule has 0 aliphatic heterocycles. The maximum atomic E-state index is 12.6. The molecule has 110 valence electrons. The quantitative estimate of drug-likeness (QED) is 0.640. The highest BCUT2D eigenvalue weighted by molar-refractivity contribution is 6.44. The number of nitrogens with two attached hydrogens (primary N) is 1. The van der Waals surface area contributed by atoms with Crippen molar-refractivity contribution in [3.05, 3.63) is 62.6 Å². The summed E-state index contributed by atoms with van der Waals surface area (Å²) in [5.41, 5.74) is 9.63. The average Bonchev–Trinajstić information content (AvgIpc) is 2.50. The second kappa shape index (κ2) is 6.50. The molecule has 0 aromatic heterocycles. The molecule has 2 rings (SSSR count). The van der Waals surface area contributed by atoms with Gasteiger partial charge in [0.2, 0.25) is 0 Å². The largest absolute Gasteiger partial charge is 0.397 e. The topological polar surface area (TPSA) is 43.1 Å². The Balaban J connectivity index is 2.45. The molecular weight excluding hydrogens is 305 g/mol. The number of hydrogen-bond acceptors (Lipinski definition) is 2. The lowest BCUT2D eigenvalue weighted by Gasteiger charge is -2.10. The fourth-order valence-corrected chi connectivity index (χ4v) is 2.69. The van der Waals surface area contributed by atoms with Crippen molar-refractivity contribution in [3.8, 4) is 0 Å². The van der Waals surface area contributed by atoms with Crippen LogP contribution in [0.4, 0.5) is 5.69 Å². The van der Waals surface area contributed by atoms with Crippen LogP contribution in [0.1, 0.15) is 40.9 Å². The molecule has 2 N–H and O–H groups in total. The van der Waals surface area contributed by atoms with Crippen LogP contribution in [0.5, 0.6) is 0 Å². The molecular formula is C17H17Cl2NO. The Morgan fingerprint density at radius 1 is 1.00 bits per heavy atom. The molecule has 0 unspecified atom stereocenters. The highest BCUT2D eigenvalue weighted by Gasteiger charge is 2.14. The summed E-state index contributed by atoms with van der Waals surface area (Å²) in [7, 11) is 0. The van der Waals surface area contributed by atoms with Crippen LogP contribution in [-0.2, 0) is 12.8 Å².